The molecule has 1 aromatic carbocycles. The fraction of sp³-hybridized carbons (Fsp3) is 0.333. The van der Waals surface area contributed by atoms with Gasteiger partial charge in [-0.2, -0.15) is 0 Å². The first-order valence-corrected chi connectivity index (χ1v) is 6.54. The minimum absolute atomic E-state index is 0.0110. The van der Waals surface area contributed by atoms with Gasteiger partial charge in [-0.15, -0.1) is 0 Å². The smallest absolute Gasteiger partial charge is 0.354 e. The number of carbonyl (C=O) groups is 1. The van der Waals surface area contributed by atoms with Crippen LogP contribution < -0.4 is 5.32 Å². The highest BCUT2D eigenvalue weighted by Gasteiger charge is 2.12. The highest BCUT2D eigenvalue weighted by molar-refractivity contribution is 5.97. The molecule has 0 fully saturated rings. The van der Waals surface area contributed by atoms with Crippen molar-refractivity contribution < 1.29 is 19.4 Å². The lowest BCUT2D eigenvalue weighted by Gasteiger charge is -2.17. The van der Waals surface area contributed by atoms with Crippen LogP contribution >= 0.6 is 0 Å². The Labute approximate surface area is 122 Å². The average molecular weight is 290 g/mol. The summed E-state index contributed by atoms with van der Waals surface area (Å²) in [6.07, 6.45) is -0.116. The quantitative estimate of drug-likeness (QED) is 0.812. The van der Waals surface area contributed by atoms with Crippen LogP contribution in [-0.2, 0) is 9.47 Å². The Morgan fingerprint density at radius 3 is 2.81 bits per heavy atom. The van der Waals surface area contributed by atoms with E-state index in [-0.39, 0.29) is 11.8 Å². The maximum atomic E-state index is 11.2. The topological polar surface area (TPSA) is 80.7 Å². The number of benzene rings is 1. The van der Waals surface area contributed by atoms with E-state index in [4.69, 9.17) is 14.6 Å². The third-order valence-corrected chi connectivity index (χ3v) is 3.14. The predicted molar refractivity (Wildman–Crippen MR) is 79.9 cm³/mol. The number of methoxy groups -OCH3 is 2. The third-order valence-electron chi connectivity index (χ3n) is 3.14. The van der Waals surface area contributed by atoms with Crippen molar-refractivity contribution in [1.82, 2.24) is 4.98 Å². The molecule has 0 radical (unpaired) electrons. The van der Waals surface area contributed by atoms with Crippen molar-refractivity contribution in [2.45, 2.75) is 6.10 Å². The van der Waals surface area contributed by atoms with E-state index in [0.29, 0.717) is 18.7 Å². The molecule has 1 atom stereocenters. The van der Waals surface area contributed by atoms with E-state index in [9.17, 15) is 4.79 Å². The first kappa shape index (κ1) is 15.2. The molecular weight excluding hydrogens is 272 g/mol. The summed E-state index contributed by atoms with van der Waals surface area (Å²) in [6.45, 7) is 0.968. The van der Waals surface area contributed by atoms with E-state index < -0.39 is 5.97 Å². The van der Waals surface area contributed by atoms with Crippen molar-refractivity contribution in [3.63, 3.8) is 0 Å². The van der Waals surface area contributed by atoms with Gasteiger partial charge in [0.2, 0.25) is 0 Å². The second-order valence-electron chi connectivity index (χ2n) is 4.57. The van der Waals surface area contributed by atoms with Crippen LogP contribution in [0.25, 0.3) is 10.9 Å². The van der Waals surface area contributed by atoms with Gasteiger partial charge in [-0.1, -0.05) is 18.2 Å². The number of rotatable bonds is 7. The van der Waals surface area contributed by atoms with Crippen molar-refractivity contribution in [2.75, 3.05) is 32.7 Å². The Bertz CT molecular complexity index is 630. The molecule has 0 spiro atoms. The fourth-order valence-corrected chi connectivity index (χ4v) is 2.05. The Morgan fingerprint density at radius 1 is 1.38 bits per heavy atom. The number of hydrogen-bond donors (Lipinski definition) is 2. The molecule has 6 nitrogen and oxygen atoms in total. The van der Waals surface area contributed by atoms with Crippen LogP contribution in [0, 0.1) is 0 Å². The van der Waals surface area contributed by atoms with Gasteiger partial charge in [-0.05, 0) is 12.1 Å². The van der Waals surface area contributed by atoms with Gasteiger partial charge < -0.3 is 19.9 Å². The number of nitrogens with zero attached hydrogens (tertiary/aromatic N) is 1. The summed E-state index contributed by atoms with van der Waals surface area (Å²) in [5, 5.41) is 13.2. The van der Waals surface area contributed by atoms with Crippen molar-refractivity contribution in [3.05, 3.63) is 36.0 Å². The number of aromatic carboxylic acids is 1. The maximum Gasteiger partial charge on any atom is 0.354 e. The number of carboxylic acids is 1. The Hall–Kier alpha value is -2.18. The Balaban J connectivity index is 2.30. The second-order valence-corrected chi connectivity index (χ2v) is 4.57. The SMILES string of the molecule is COCC(CNc1cc(C(=O)O)nc2ccccc12)OC. The number of para-hydroxylation sites is 1. The molecule has 1 aromatic heterocycles. The van der Waals surface area contributed by atoms with Crippen molar-refractivity contribution in [3.8, 4) is 0 Å². The zero-order chi connectivity index (χ0) is 15.2. The van der Waals surface area contributed by atoms with Gasteiger partial charge >= 0.3 is 5.97 Å². The molecule has 112 valence electrons. The first-order valence-electron chi connectivity index (χ1n) is 6.54. The van der Waals surface area contributed by atoms with Crippen LogP contribution in [0.5, 0.6) is 0 Å². The average Bonchev–Trinajstić information content (AvgIpc) is 2.50. The first-order chi connectivity index (χ1) is 10.2. The van der Waals surface area contributed by atoms with Crippen molar-refractivity contribution >= 4 is 22.6 Å². The largest absolute Gasteiger partial charge is 0.477 e. The van der Waals surface area contributed by atoms with Crippen LogP contribution in [0.1, 0.15) is 10.5 Å². The summed E-state index contributed by atoms with van der Waals surface area (Å²) in [4.78, 5) is 15.3. The van der Waals surface area contributed by atoms with Crippen LogP contribution in [0.4, 0.5) is 5.69 Å². The van der Waals surface area contributed by atoms with E-state index in [2.05, 4.69) is 10.3 Å². The number of hydrogen-bond acceptors (Lipinski definition) is 5. The molecule has 21 heavy (non-hydrogen) atoms. The van der Waals surface area contributed by atoms with Crippen molar-refractivity contribution in [1.29, 1.82) is 0 Å². The van der Waals surface area contributed by atoms with Gasteiger partial charge in [0.05, 0.1) is 18.2 Å². The van der Waals surface area contributed by atoms with E-state index in [1.54, 1.807) is 20.3 Å². The van der Waals surface area contributed by atoms with E-state index in [1.807, 2.05) is 18.2 Å². The van der Waals surface area contributed by atoms with Crippen molar-refractivity contribution in [2.24, 2.45) is 0 Å². The fourth-order valence-electron chi connectivity index (χ4n) is 2.05. The number of aromatic nitrogens is 1. The Morgan fingerprint density at radius 2 is 2.14 bits per heavy atom. The second kappa shape index (κ2) is 7.01. The molecular formula is C15H18N2O4. The molecule has 0 saturated carbocycles. The van der Waals surface area contributed by atoms with Gasteiger partial charge in [0.25, 0.3) is 0 Å². The molecule has 0 aliphatic heterocycles. The minimum atomic E-state index is -1.05. The summed E-state index contributed by atoms with van der Waals surface area (Å²) >= 11 is 0. The highest BCUT2D eigenvalue weighted by atomic mass is 16.5. The van der Waals surface area contributed by atoms with E-state index in [0.717, 1.165) is 11.1 Å². The monoisotopic (exact) mass is 290 g/mol. The molecule has 2 rings (SSSR count). The van der Waals surface area contributed by atoms with Gasteiger partial charge in [-0.3, -0.25) is 0 Å². The zero-order valence-electron chi connectivity index (χ0n) is 12.0. The molecule has 0 amide bonds. The molecule has 0 saturated heterocycles. The standard InChI is InChI=1S/C15H18N2O4/c1-20-9-10(21-2)8-16-13-7-14(15(18)19)17-12-6-4-3-5-11(12)13/h3-7,10H,8-9H2,1-2H3,(H,16,17)(H,18,19). The van der Waals surface area contributed by atoms with Crippen LogP contribution in [0.2, 0.25) is 0 Å². The van der Waals surface area contributed by atoms with E-state index >= 15 is 0 Å². The summed E-state index contributed by atoms with van der Waals surface area (Å²) in [7, 11) is 3.22. The number of carboxylic acid groups (broad SMARTS) is 1. The van der Waals surface area contributed by atoms with Gasteiger partial charge in [0.1, 0.15) is 0 Å². The summed E-state index contributed by atoms with van der Waals surface area (Å²) in [6, 6.07) is 8.93. The number of fused-ring (bicyclic) bond motifs is 1. The van der Waals surface area contributed by atoms with Crippen LogP contribution in [0.3, 0.4) is 0 Å². The number of pyridine rings is 1. The summed E-state index contributed by atoms with van der Waals surface area (Å²) < 4.78 is 10.3. The summed E-state index contributed by atoms with van der Waals surface area (Å²) in [5.74, 6) is -1.05. The molecule has 1 heterocycles. The third kappa shape index (κ3) is 3.68. The van der Waals surface area contributed by atoms with Crippen LogP contribution in [-0.4, -0.2) is 49.5 Å². The molecule has 6 heteroatoms. The van der Waals surface area contributed by atoms with Gasteiger partial charge in [-0.25, -0.2) is 9.78 Å². The molecule has 0 aliphatic carbocycles. The maximum absolute atomic E-state index is 11.2. The molecule has 2 N–H and O–H groups in total. The normalized spacial score (nSPS) is 12.3. The lowest BCUT2D eigenvalue weighted by Crippen LogP contribution is -2.26. The minimum Gasteiger partial charge on any atom is -0.477 e. The van der Waals surface area contributed by atoms with Gasteiger partial charge in [0, 0.05) is 31.8 Å². The highest BCUT2D eigenvalue weighted by Crippen LogP contribution is 2.23. The summed E-state index contributed by atoms with van der Waals surface area (Å²) in [5.41, 5.74) is 1.37. The molecule has 0 bridgehead atoms. The Kier molecular flexibility index (Phi) is 5.08. The predicted octanol–water partition coefficient (Wildman–Crippen LogP) is 2.01. The lowest BCUT2D eigenvalue weighted by atomic mass is 10.1. The number of ether oxygens (including phenoxy) is 2. The number of nitrogens with one attached hydrogen (secondary N) is 1. The zero-order valence-corrected chi connectivity index (χ0v) is 12.0. The molecule has 0 aliphatic rings. The lowest BCUT2D eigenvalue weighted by molar-refractivity contribution is 0.0366. The van der Waals surface area contributed by atoms with Gasteiger partial charge in [0.15, 0.2) is 5.69 Å². The molecule has 2 aromatic rings. The molecule has 1 unspecified atom stereocenters. The van der Waals surface area contributed by atoms with Crippen LogP contribution in [0.15, 0.2) is 30.3 Å². The van der Waals surface area contributed by atoms with E-state index in [1.165, 1.54) is 6.07 Å². The number of anilines is 1.